The number of carboxylic acid groups (broad SMARTS) is 1. The fourth-order valence-electron chi connectivity index (χ4n) is 0.702. The number of rotatable bonds is 1. The molecule has 0 aliphatic carbocycles. The minimum absolute atomic E-state index is 0. The fourth-order valence-corrected chi connectivity index (χ4v) is 1.26. The predicted molar refractivity (Wildman–Crippen MR) is 50.6 cm³/mol. The summed E-state index contributed by atoms with van der Waals surface area (Å²) in [7, 11) is 0. The summed E-state index contributed by atoms with van der Waals surface area (Å²) in [6.45, 7) is 0. The Morgan fingerprint density at radius 2 is 1.67 bits per heavy atom. The van der Waals surface area contributed by atoms with Crippen molar-refractivity contribution in [2.75, 3.05) is 0 Å². The summed E-state index contributed by atoms with van der Waals surface area (Å²) in [5.41, 5.74) is -0.0455. The van der Waals surface area contributed by atoms with Gasteiger partial charge in [0.1, 0.15) is 0 Å². The van der Waals surface area contributed by atoms with E-state index in [-0.39, 0.29) is 45.2 Å². The van der Waals surface area contributed by atoms with E-state index >= 15 is 0 Å². The van der Waals surface area contributed by atoms with Gasteiger partial charge >= 0.3 is 35.5 Å². The molecule has 60 valence electrons. The molecule has 1 rings (SSSR count). The van der Waals surface area contributed by atoms with E-state index in [0.29, 0.717) is 0 Å². The Labute approximate surface area is 102 Å². The molecule has 1 N–H and O–H groups in total. The maximum atomic E-state index is 10.5. The van der Waals surface area contributed by atoms with Gasteiger partial charge in [-0.15, -0.1) is 0 Å². The first-order chi connectivity index (χ1) is 5.13. The minimum atomic E-state index is -1.11. The Bertz CT molecular complexity index is 281. The van der Waals surface area contributed by atoms with Crippen LogP contribution in [0.1, 0.15) is 10.4 Å². The first kappa shape index (κ1) is 12.3. The number of benzene rings is 1. The summed E-state index contributed by atoms with van der Waals surface area (Å²) in [6, 6.07) is 4.56. The van der Waals surface area contributed by atoms with Crippen molar-refractivity contribution in [3.63, 3.8) is 0 Å². The van der Waals surface area contributed by atoms with Crippen LogP contribution < -0.4 is 0 Å². The van der Waals surface area contributed by atoms with Gasteiger partial charge in [-0.2, -0.15) is 0 Å². The second kappa shape index (κ2) is 5.10. The monoisotopic (exact) mass is 214 g/mol. The molecule has 0 aliphatic rings. The molecule has 1 aromatic rings. The molecule has 0 aromatic heterocycles. The first-order valence-corrected chi connectivity index (χ1v) is 3.56. The van der Waals surface area contributed by atoms with Crippen molar-refractivity contribution in [2.45, 2.75) is 0 Å². The molecular weight excluding hydrogens is 210 g/mol. The van der Waals surface area contributed by atoms with Crippen LogP contribution in [0.3, 0.4) is 0 Å². The Morgan fingerprint density at radius 1 is 1.25 bits per heavy atom. The molecule has 0 spiro atoms. The van der Waals surface area contributed by atoms with Crippen molar-refractivity contribution in [1.82, 2.24) is 0 Å². The van der Waals surface area contributed by atoms with Crippen LogP contribution >= 0.6 is 23.2 Å². The Kier molecular flexibility index (Phi) is 5.21. The average molecular weight is 215 g/mol. The van der Waals surface area contributed by atoms with Crippen molar-refractivity contribution in [2.24, 2.45) is 0 Å². The van der Waals surface area contributed by atoms with Gasteiger partial charge in [-0.05, 0) is 12.1 Å². The van der Waals surface area contributed by atoms with E-state index in [2.05, 4.69) is 0 Å². The Hall–Kier alpha value is 0.270. The topological polar surface area (TPSA) is 37.3 Å². The number of carboxylic acids is 1. The molecule has 12 heavy (non-hydrogen) atoms. The molecule has 1 aromatic carbocycles. The van der Waals surface area contributed by atoms with Crippen molar-refractivity contribution in [1.29, 1.82) is 0 Å². The second-order valence-corrected chi connectivity index (χ2v) is 2.72. The average Bonchev–Trinajstić information content (AvgIpc) is 1.85. The number of hydrogen-bond acceptors (Lipinski definition) is 1. The first-order valence-electron chi connectivity index (χ1n) is 2.80. The van der Waals surface area contributed by atoms with Crippen molar-refractivity contribution in [3.05, 3.63) is 33.8 Å². The van der Waals surface area contributed by atoms with Crippen molar-refractivity contribution in [3.8, 4) is 0 Å². The molecule has 0 heterocycles. The van der Waals surface area contributed by atoms with Crippen LogP contribution in [0.2, 0.25) is 10.0 Å². The maximum absolute atomic E-state index is 10.5. The van der Waals surface area contributed by atoms with Crippen LogP contribution in [0.5, 0.6) is 0 Å². The molecule has 0 atom stereocenters. The van der Waals surface area contributed by atoms with Gasteiger partial charge in [-0.25, -0.2) is 4.79 Å². The third-order valence-electron chi connectivity index (χ3n) is 1.18. The van der Waals surface area contributed by atoms with Crippen LogP contribution in [0.25, 0.3) is 0 Å². The summed E-state index contributed by atoms with van der Waals surface area (Å²) in [5, 5.41) is 8.89. The van der Waals surface area contributed by atoms with E-state index < -0.39 is 5.97 Å². The van der Waals surface area contributed by atoms with E-state index in [1.807, 2.05) is 0 Å². The van der Waals surface area contributed by atoms with Gasteiger partial charge < -0.3 is 5.11 Å². The van der Waals surface area contributed by atoms with Crippen LogP contribution in [0.15, 0.2) is 18.2 Å². The summed E-state index contributed by atoms with van der Waals surface area (Å²) < 4.78 is 0. The molecule has 0 radical (unpaired) electrons. The van der Waals surface area contributed by atoms with Crippen LogP contribution in [-0.2, 0) is 0 Å². The molecule has 5 heteroatoms. The standard InChI is InChI=1S/C7H4Cl2O2.Na.H/c8-4-2-1-3-5(9)6(4)7(10)11;;/h1-3H,(H,10,11);;. The summed E-state index contributed by atoms with van der Waals surface area (Å²) >= 11 is 11.1. The number of aromatic carboxylic acids is 1. The van der Waals surface area contributed by atoms with E-state index in [1.165, 1.54) is 12.1 Å². The van der Waals surface area contributed by atoms with E-state index in [0.717, 1.165) is 0 Å². The summed E-state index contributed by atoms with van der Waals surface area (Å²) in [6.07, 6.45) is 0. The van der Waals surface area contributed by atoms with Gasteiger partial charge in [0.25, 0.3) is 0 Å². The van der Waals surface area contributed by atoms with Gasteiger partial charge in [-0.1, -0.05) is 29.3 Å². The van der Waals surface area contributed by atoms with Crippen LogP contribution in [-0.4, -0.2) is 40.6 Å². The summed E-state index contributed by atoms with van der Waals surface area (Å²) in [4.78, 5) is 10.5. The van der Waals surface area contributed by atoms with Gasteiger partial charge in [0.05, 0.1) is 15.6 Å². The molecule has 0 saturated carbocycles. The predicted octanol–water partition coefficient (Wildman–Crippen LogP) is 2.04. The number of halogens is 2. The quantitative estimate of drug-likeness (QED) is 0.727. The normalized spacial score (nSPS) is 8.83. The molecule has 0 bridgehead atoms. The van der Waals surface area contributed by atoms with E-state index in [4.69, 9.17) is 28.3 Å². The molecule has 2 nitrogen and oxygen atoms in total. The molecule has 0 unspecified atom stereocenters. The van der Waals surface area contributed by atoms with Crippen molar-refractivity contribution >= 4 is 58.7 Å². The zero-order valence-electron chi connectivity index (χ0n) is 5.34. The molecule has 0 amide bonds. The van der Waals surface area contributed by atoms with Gasteiger partial charge in [-0.3, -0.25) is 0 Å². The zero-order valence-corrected chi connectivity index (χ0v) is 6.86. The third kappa shape index (κ3) is 2.64. The molecular formula is C7H5Cl2NaO2. The molecule has 0 fully saturated rings. The third-order valence-corrected chi connectivity index (χ3v) is 1.81. The van der Waals surface area contributed by atoms with Crippen molar-refractivity contribution < 1.29 is 9.90 Å². The molecule has 0 aliphatic heterocycles. The van der Waals surface area contributed by atoms with E-state index in [9.17, 15) is 4.79 Å². The SMILES string of the molecule is O=C(O)c1c(Cl)cccc1Cl.[NaH]. The van der Waals surface area contributed by atoms with Crippen LogP contribution in [0.4, 0.5) is 0 Å². The van der Waals surface area contributed by atoms with Gasteiger partial charge in [0.15, 0.2) is 0 Å². The second-order valence-electron chi connectivity index (χ2n) is 1.90. The summed E-state index contributed by atoms with van der Waals surface area (Å²) in [5.74, 6) is -1.11. The fraction of sp³-hybridized carbons (Fsp3) is 0. The zero-order chi connectivity index (χ0) is 8.43. The number of hydrogen-bond donors (Lipinski definition) is 1. The number of carbonyl (C=O) groups is 1. The van der Waals surface area contributed by atoms with Gasteiger partial charge in [0.2, 0.25) is 0 Å². The molecule has 0 saturated heterocycles. The Morgan fingerprint density at radius 3 is 1.92 bits per heavy atom. The Balaban J connectivity index is 0.00000121. The van der Waals surface area contributed by atoms with Crippen LogP contribution in [0, 0.1) is 0 Å². The van der Waals surface area contributed by atoms with E-state index in [1.54, 1.807) is 6.07 Å². The van der Waals surface area contributed by atoms with Gasteiger partial charge in [0, 0.05) is 0 Å².